The second-order valence-electron chi connectivity index (χ2n) is 4.75. The average Bonchev–Trinajstić information content (AvgIpc) is 2.70. The van der Waals surface area contributed by atoms with Gasteiger partial charge in [-0.3, -0.25) is 4.79 Å². The van der Waals surface area contributed by atoms with Crippen molar-refractivity contribution in [1.29, 1.82) is 5.26 Å². The normalized spacial score (nSPS) is 18.8. The molecule has 1 unspecified atom stereocenters. The number of nitriles is 1. The molecule has 0 aromatic heterocycles. The highest BCUT2D eigenvalue weighted by molar-refractivity contribution is 7.86. The van der Waals surface area contributed by atoms with E-state index in [0.29, 0.717) is 0 Å². The third kappa shape index (κ3) is 3.25. The third-order valence-electron chi connectivity index (χ3n) is 3.18. The van der Waals surface area contributed by atoms with Crippen LogP contribution in [-0.2, 0) is 15.0 Å². The molecule has 0 aliphatic carbocycles. The zero-order chi connectivity index (χ0) is 15.8. The molecule has 0 spiro atoms. The molecule has 1 fully saturated rings. The van der Waals surface area contributed by atoms with E-state index in [-0.39, 0.29) is 34.9 Å². The molecule has 112 valence electrons. The van der Waals surface area contributed by atoms with Crippen LogP contribution >= 0.6 is 11.6 Å². The van der Waals surface area contributed by atoms with Crippen LogP contribution in [0.2, 0.25) is 5.02 Å². The first-order valence-corrected chi connectivity index (χ1v) is 7.86. The lowest BCUT2D eigenvalue weighted by atomic mass is 10.1. The number of rotatable bonds is 3. The fourth-order valence-corrected chi connectivity index (χ4v) is 3.35. The van der Waals surface area contributed by atoms with Crippen molar-refractivity contribution in [1.82, 2.24) is 0 Å². The zero-order valence-electron chi connectivity index (χ0n) is 10.7. The summed E-state index contributed by atoms with van der Waals surface area (Å²) in [4.78, 5) is 13.2. The summed E-state index contributed by atoms with van der Waals surface area (Å²) in [5.41, 5.74) is 6.14. The molecule has 6 nitrogen and oxygen atoms in total. The summed E-state index contributed by atoms with van der Waals surface area (Å²) in [6.45, 7) is -0.0266. The molecule has 2 rings (SSSR count). The Morgan fingerprint density at radius 1 is 1.52 bits per heavy atom. The molecule has 1 aromatic carbocycles. The lowest BCUT2D eigenvalue weighted by Gasteiger charge is -2.20. The number of nitrogen functional groups attached to an aromatic ring is 1. The number of nitrogens with two attached hydrogens (primary N) is 1. The van der Waals surface area contributed by atoms with E-state index in [0.717, 1.165) is 0 Å². The Labute approximate surface area is 126 Å². The highest BCUT2D eigenvalue weighted by Crippen LogP contribution is 2.36. The van der Waals surface area contributed by atoms with E-state index in [1.807, 2.05) is 6.07 Å². The van der Waals surface area contributed by atoms with E-state index in [9.17, 15) is 17.1 Å². The number of carbonyl (C=O) groups is 1. The first-order valence-electron chi connectivity index (χ1n) is 5.93. The SMILES string of the molecule is N#Cc1c(Cl)ccc(N)c1N1CC(CS(=O)(=O)F)CC1=O. The standard InChI is InChI=1S/C12H11ClFN3O3S/c13-9-1-2-10(16)12(8(9)4-15)17-5-7(3-11(17)18)6-21(14,19)20/h1-2,7H,3,5-6,16H2. The molecule has 9 heteroatoms. The summed E-state index contributed by atoms with van der Waals surface area (Å²) in [6.07, 6.45) is -0.125. The van der Waals surface area contributed by atoms with Gasteiger partial charge in [-0.2, -0.15) is 13.7 Å². The van der Waals surface area contributed by atoms with Crippen molar-refractivity contribution in [2.45, 2.75) is 6.42 Å². The van der Waals surface area contributed by atoms with Crippen LogP contribution in [0.1, 0.15) is 12.0 Å². The number of halogens is 2. The number of benzene rings is 1. The molecule has 1 amide bonds. The summed E-state index contributed by atoms with van der Waals surface area (Å²) in [5.74, 6) is -1.84. The van der Waals surface area contributed by atoms with Crippen molar-refractivity contribution < 1.29 is 17.1 Å². The average molecular weight is 332 g/mol. The van der Waals surface area contributed by atoms with Crippen molar-refractivity contribution in [2.75, 3.05) is 22.9 Å². The van der Waals surface area contributed by atoms with Gasteiger partial charge in [0.05, 0.1) is 27.7 Å². The van der Waals surface area contributed by atoms with Crippen molar-refractivity contribution in [3.05, 3.63) is 22.7 Å². The Hall–Kier alpha value is -1.85. The van der Waals surface area contributed by atoms with Crippen LogP contribution in [-0.4, -0.2) is 26.6 Å². The van der Waals surface area contributed by atoms with Crippen molar-refractivity contribution >= 4 is 39.1 Å². The molecule has 1 aromatic rings. The Morgan fingerprint density at radius 3 is 2.76 bits per heavy atom. The molecule has 1 aliphatic heterocycles. The van der Waals surface area contributed by atoms with Crippen molar-refractivity contribution in [2.24, 2.45) is 5.92 Å². The number of anilines is 2. The minimum Gasteiger partial charge on any atom is -0.397 e. The highest BCUT2D eigenvalue weighted by Gasteiger charge is 2.35. The van der Waals surface area contributed by atoms with Crippen molar-refractivity contribution in [3.63, 3.8) is 0 Å². The Bertz CT molecular complexity index is 745. The first kappa shape index (κ1) is 15.5. The lowest BCUT2D eigenvalue weighted by Crippen LogP contribution is -2.27. The van der Waals surface area contributed by atoms with Crippen LogP contribution in [0, 0.1) is 17.2 Å². The van der Waals surface area contributed by atoms with Crippen LogP contribution in [0.4, 0.5) is 15.3 Å². The minimum absolute atomic E-state index is 0.0266. The van der Waals surface area contributed by atoms with Crippen LogP contribution < -0.4 is 10.6 Å². The van der Waals surface area contributed by atoms with Crippen LogP contribution in [0.25, 0.3) is 0 Å². The van der Waals surface area contributed by atoms with Gasteiger partial charge in [0.1, 0.15) is 6.07 Å². The van der Waals surface area contributed by atoms with Gasteiger partial charge in [-0.25, -0.2) is 0 Å². The number of hydrogen-bond donors (Lipinski definition) is 1. The van der Waals surface area contributed by atoms with Gasteiger partial charge in [-0.1, -0.05) is 11.6 Å². The maximum atomic E-state index is 12.7. The van der Waals surface area contributed by atoms with Gasteiger partial charge in [0.15, 0.2) is 0 Å². The van der Waals surface area contributed by atoms with Crippen LogP contribution in [0.5, 0.6) is 0 Å². The Kier molecular flexibility index (Phi) is 4.07. The third-order valence-corrected chi connectivity index (χ3v) is 4.36. The number of nitrogens with zero attached hydrogens (tertiary/aromatic N) is 2. The fraction of sp³-hybridized carbons (Fsp3) is 0.333. The molecular formula is C12H11ClFN3O3S. The van der Waals surface area contributed by atoms with Gasteiger partial charge < -0.3 is 10.6 Å². The van der Waals surface area contributed by atoms with Gasteiger partial charge in [0.2, 0.25) is 5.91 Å². The maximum absolute atomic E-state index is 12.7. The zero-order valence-corrected chi connectivity index (χ0v) is 12.3. The van der Waals surface area contributed by atoms with E-state index in [2.05, 4.69) is 0 Å². The molecule has 1 atom stereocenters. The second-order valence-corrected chi connectivity index (χ2v) is 6.57. The predicted octanol–water partition coefficient (Wildman–Crippen LogP) is 1.45. The molecule has 1 heterocycles. The molecule has 1 saturated heterocycles. The molecule has 21 heavy (non-hydrogen) atoms. The van der Waals surface area contributed by atoms with Gasteiger partial charge >= 0.3 is 10.2 Å². The van der Waals surface area contributed by atoms with Crippen LogP contribution in [0.15, 0.2) is 12.1 Å². The lowest BCUT2D eigenvalue weighted by molar-refractivity contribution is -0.117. The highest BCUT2D eigenvalue weighted by atomic mass is 35.5. The summed E-state index contributed by atoms with van der Waals surface area (Å²) in [6, 6.07) is 4.75. The molecule has 0 radical (unpaired) electrons. The summed E-state index contributed by atoms with van der Waals surface area (Å²) in [5, 5.41) is 9.27. The topological polar surface area (TPSA) is 104 Å². The maximum Gasteiger partial charge on any atom is 0.302 e. The molecule has 2 N–H and O–H groups in total. The predicted molar refractivity (Wildman–Crippen MR) is 75.9 cm³/mol. The number of carbonyl (C=O) groups excluding carboxylic acids is 1. The fourth-order valence-electron chi connectivity index (χ4n) is 2.37. The van der Waals surface area contributed by atoms with E-state index in [1.165, 1.54) is 17.0 Å². The van der Waals surface area contributed by atoms with E-state index in [1.54, 1.807) is 0 Å². The van der Waals surface area contributed by atoms with Gasteiger partial charge in [0.25, 0.3) is 0 Å². The van der Waals surface area contributed by atoms with E-state index in [4.69, 9.17) is 22.6 Å². The van der Waals surface area contributed by atoms with Gasteiger partial charge in [-0.15, -0.1) is 3.89 Å². The Morgan fingerprint density at radius 2 is 2.19 bits per heavy atom. The quantitative estimate of drug-likeness (QED) is 0.666. The number of hydrogen-bond acceptors (Lipinski definition) is 5. The summed E-state index contributed by atoms with van der Waals surface area (Å²) >= 11 is 5.90. The van der Waals surface area contributed by atoms with Crippen molar-refractivity contribution in [3.8, 4) is 6.07 Å². The smallest absolute Gasteiger partial charge is 0.302 e. The number of amides is 1. The van der Waals surface area contributed by atoms with E-state index < -0.39 is 27.8 Å². The van der Waals surface area contributed by atoms with E-state index >= 15 is 0 Å². The molecular weight excluding hydrogens is 321 g/mol. The minimum atomic E-state index is -4.67. The second kappa shape index (κ2) is 5.50. The van der Waals surface area contributed by atoms with Gasteiger partial charge in [0, 0.05) is 18.9 Å². The van der Waals surface area contributed by atoms with Crippen LogP contribution in [0.3, 0.4) is 0 Å². The first-order chi connectivity index (χ1) is 9.73. The Balaban J connectivity index is 2.38. The largest absolute Gasteiger partial charge is 0.397 e. The monoisotopic (exact) mass is 331 g/mol. The molecule has 0 saturated carbocycles. The summed E-state index contributed by atoms with van der Waals surface area (Å²) < 4.78 is 34.1. The van der Waals surface area contributed by atoms with Gasteiger partial charge in [-0.05, 0) is 12.1 Å². The summed E-state index contributed by atoms with van der Waals surface area (Å²) in [7, 11) is -4.67. The molecule has 1 aliphatic rings. The molecule has 0 bridgehead atoms.